The molecule has 0 aliphatic heterocycles. The number of rotatable bonds is 4. The van der Waals surface area contributed by atoms with Crippen molar-refractivity contribution < 1.29 is 19.4 Å². The minimum absolute atomic E-state index is 0.194. The normalized spacial score (nSPS) is 25.1. The van der Waals surface area contributed by atoms with E-state index in [-0.39, 0.29) is 17.4 Å². The summed E-state index contributed by atoms with van der Waals surface area (Å²) in [6, 6.07) is 3.19. The second kappa shape index (κ2) is 6.11. The standard InChI is InChI=1S/C15H20N2O4/c1-10-5-3-7-15(9-10,14(19)20)17-12(18)11-6-4-8-16-13(11)21-2/h4,6,8,10H,3,5,7,9H2,1-2H3,(H,17,18)(H,19,20). The van der Waals surface area contributed by atoms with E-state index in [9.17, 15) is 14.7 Å². The van der Waals surface area contributed by atoms with E-state index in [1.165, 1.54) is 13.3 Å². The molecule has 2 N–H and O–H groups in total. The van der Waals surface area contributed by atoms with Crippen molar-refractivity contribution in [2.45, 2.75) is 38.1 Å². The number of aromatic nitrogens is 1. The van der Waals surface area contributed by atoms with Gasteiger partial charge in [0.15, 0.2) is 0 Å². The summed E-state index contributed by atoms with van der Waals surface area (Å²) >= 11 is 0. The number of carboxylic acid groups (broad SMARTS) is 1. The van der Waals surface area contributed by atoms with Crippen molar-refractivity contribution in [3.63, 3.8) is 0 Å². The quantitative estimate of drug-likeness (QED) is 0.884. The summed E-state index contributed by atoms with van der Waals surface area (Å²) in [6.45, 7) is 2.01. The highest BCUT2D eigenvalue weighted by Gasteiger charge is 2.43. The molecule has 6 heteroatoms. The van der Waals surface area contributed by atoms with Crippen molar-refractivity contribution in [1.82, 2.24) is 10.3 Å². The number of pyridine rings is 1. The molecule has 0 saturated heterocycles. The Balaban J connectivity index is 2.25. The summed E-state index contributed by atoms with van der Waals surface area (Å²) in [5.74, 6) is -0.980. The SMILES string of the molecule is COc1ncccc1C(=O)NC1(C(=O)O)CCCC(C)C1. The van der Waals surface area contributed by atoms with Gasteiger partial charge in [0.2, 0.25) is 5.88 Å². The lowest BCUT2D eigenvalue weighted by atomic mass is 9.76. The monoisotopic (exact) mass is 292 g/mol. The lowest BCUT2D eigenvalue weighted by molar-refractivity contribution is -0.146. The Morgan fingerprint density at radius 3 is 2.90 bits per heavy atom. The van der Waals surface area contributed by atoms with Gasteiger partial charge >= 0.3 is 5.97 Å². The Kier molecular flexibility index (Phi) is 4.45. The number of amides is 1. The van der Waals surface area contributed by atoms with E-state index in [1.54, 1.807) is 12.1 Å². The predicted octanol–water partition coefficient (Wildman–Crippen LogP) is 1.85. The molecule has 1 heterocycles. The van der Waals surface area contributed by atoms with Crippen molar-refractivity contribution in [3.8, 4) is 5.88 Å². The van der Waals surface area contributed by atoms with E-state index in [0.717, 1.165) is 12.8 Å². The van der Waals surface area contributed by atoms with Gasteiger partial charge in [0, 0.05) is 6.20 Å². The minimum atomic E-state index is -1.20. The third-order valence-electron chi connectivity index (χ3n) is 3.97. The molecule has 21 heavy (non-hydrogen) atoms. The van der Waals surface area contributed by atoms with E-state index in [1.807, 2.05) is 6.92 Å². The Hall–Kier alpha value is -2.11. The summed E-state index contributed by atoms with van der Waals surface area (Å²) in [5.41, 5.74) is -0.950. The number of ether oxygens (including phenoxy) is 1. The largest absolute Gasteiger partial charge is 0.480 e. The molecule has 1 fully saturated rings. The highest BCUT2D eigenvalue weighted by molar-refractivity contribution is 5.99. The molecule has 0 radical (unpaired) electrons. The van der Waals surface area contributed by atoms with Crippen LogP contribution in [0.1, 0.15) is 43.0 Å². The number of carbonyl (C=O) groups is 2. The van der Waals surface area contributed by atoms with Crippen LogP contribution in [0.5, 0.6) is 5.88 Å². The van der Waals surface area contributed by atoms with E-state index < -0.39 is 17.4 Å². The lowest BCUT2D eigenvalue weighted by Gasteiger charge is -2.37. The van der Waals surface area contributed by atoms with Gasteiger partial charge in [-0.15, -0.1) is 0 Å². The Morgan fingerprint density at radius 1 is 1.52 bits per heavy atom. The topological polar surface area (TPSA) is 88.5 Å². The van der Waals surface area contributed by atoms with Crippen LogP contribution in [-0.2, 0) is 4.79 Å². The second-order valence-corrected chi connectivity index (χ2v) is 5.60. The number of aliphatic carboxylic acids is 1. The highest BCUT2D eigenvalue weighted by Crippen LogP contribution is 2.33. The first-order chi connectivity index (χ1) is 9.98. The van der Waals surface area contributed by atoms with Gasteiger partial charge in [-0.2, -0.15) is 0 Å². The molecule has 0 spiro atoms. The van der Waals surface area contributed by atoms with Crippen molar-refractivity contribution >= 4 is 11.9 Å². The fourth-order valence-corrected chi connectivity index (χ4v) is 2.92. The number of carbonyl (C=O) groups excluding carboxylic acids is 1. The molecule has 1 aromatic heterocycles. The molecule has 0 aromatic carbocycles. The van der Waals surface area contributed by atoms with Gasteiger partial charge in [0.1, 0.15) is 11.1 Å². The molecular formula is C15H20N2O4. The molecule has 0 bridgehead atoms. The fraction of sp³-hybridized carbons (Fsp3) is 0.533. The molecular weight excluding hydrogens is 272 g/mol. The van der Waals surface area contributed by atoms with Crippen LogP contribution in [0.25, 0.3) is 0 Å². The van der Waals surface area contributed by atoms with Gasteiger partial charge in [-0.1, -0.05) is 19.8 Å². The maximum absolute atomic E-state index is 12.4. The van der Waals surface area contributed by atoms with E-state index in [0.29, 0.717) is 12.8 Å². The number of hydrogen-bond acceptors (Lipinski definition) is 4. The lowest BCUT2D eigenvalue weighted by Crippen LogP contribution is -2.56. The van der Waals surface area contributed by atoms with Gasteiger partial charge in [-0.3, -0.25) is 4.79 Å². The summed E-state index contributed by atoms with van der Waals surface area (Å²) in [4.78, 5) is 28.1. The molecule has 1 aliphatic carbocycles. The molecule has 1 aliphatic rings. The smallest absolute Gasteiger partial charge is 0.329 e. The third kappa shape index (κ3) is 3.15. The minimum Gasteiger partial charge on any atom is -0.480 e. The Morgan fingerprint density at radius 2 is 2.29 bits per heavy atom. The zero-order valence-corrected chi connectivity index (χ0v) is 12.3. The predicted molar refractivity (Wildman–Crippen MR) is 76.3 cm³/mol. The molecule has 2 rings (SSSR count). The summed E-state index contributed by atoms with van der Waals surface area (Å²) in [7, 11) is 1.43. The third-order valence-corrected chi connectivity index (χ3v) is 3.97. The van der Waals surface area contributed by atoms with Crippen LogP contribution in [0, 0.1) is 5.92 Å². The van der Waals surface area contributed by atoms with Gasteiger partial charge in [0.25, 0.3) is 5.91 Å². The van der Waals surface area contributed by atoms with Gasteiger partial charge in [-0.25, -0.2) is 9.78 Å². The maximum atomic E-state index is 12.4. The van der Waals surface area contributed by atoms with Crippen LogP contribution in [0.4, 0.5) is 0 Å². The highest BCUT2D eigenvalue weighted by atomic mass is 16.5. The van der Waals surface area contributed by atoms with Gasteiger partial charge in [-0.05, 0) is 30.9 Å². The average molecular weight is 292 g/mol. The zero-order chi connectivity index (χ0) is 15.5. The molecule has 1 aromatic rings. The van der Waals surface area contributed by atoms with Gasteiger partial charge < -0.3 is 15.2 Å². The van der Waals surface area contributed by atoms with E-state index in [2.05, 4.69) is 10.3 Å². The number of methoxy groups -OCH3 is 1. The second-order valence-electron chi connectivity index (χ2n) is 5.60. The van der Waals surface area contributed by atoms with Crippen LogP contribution in [-0.4, -0.2) is 34.6 Å². The molecule has 1 amide bonds. The first-order valence-corrected chi connectivity index (χ1v) is 7.03. The number of nitrogens with one attached hydrogen (secondary N) is 1. The van der Waals surface area contributed by atoms with Crippen LogP contribution in [0.3, 0.4) is 0 Å². The summed E-state index contributed by atoms with van der Waals surface area (Å²) in [6.07, 6.45) is 4.18. The van der Waals surface area contributed by atoms with Gasteiger partial charge in [0.05, 0.1) is 7.11 Å². The zero-order valence-electron chi connectivity index (χ0n) is 12.3. The molecule has 6 nitrogen and oxygen atoms in total. The first-order valence-electron chi connectivity index (χ1n) is 7.03. The Bertz CT molecular complexity index is 546. The molecule has 1 saturated carbocycles. The number of hydrogen-bond donors (Lipinski definition) is 2. The molecule has 2 atom stereocenters. The van der Waals surface area contributed by atoms with E-state index >= 15 is 0 Å². The summed E-state index contributed by atoms with van der Waals surface area (Å²) < 4.78 is 5.05. The van der Waals surface area contributed by atoms with Crippen molar-refractivity contribution in [1.29, 1.82) is 0 Å². The maximum Gasteiger partial charge on any atom is 0.329 e. The fourth-order valence-electron chi connectivity index (χ4n) is 2.92. The van der Waals surface area contributed by atoms with Crippen LogP contribution in [0.2, 0.25) is 0 Å². The van der Waals surface area contributed by atoms with Crippen molar-refractivity contribution in [3.05, 3.63) is 23.9 Å². The molecule has 114 valence electrons. The number of carboxylic acids is 1. The van der Waals surface area contributed by atoms with E-state index in [4.69, 9.17) is 4.74 Å². The average Bonchev–Trinajstić information content (AvgIpc) is 2.47. The summed E-state index contributed by atoms with van der Waals surface area (Å²) in [5, 5.41) is 12.3. The van der Waals surface area contributed by atoms with Crippen LogP contribution < -0.4 is 10.1 Å². The van der Waals surface area contributed by atoms with Crippen LogP contribution in [0.15, 0.2) is 18.3 Å². The first kappa shape index (κ1) is 15.3. The Labute approximate surface area is 123 Å². The van der Waals surface area contributed by atoms with Crippen LogP contribution >= 0.6 is 0 Å². The molecule has 2 unspecified atom stereocenters. The number of nitrogens with zero attached hydrogens (tertiary/aromatic N) is 1. The van der Waals surface area contributed by atoms with Crippen molar-refractivity contribution in [2.75, 3.05) is 7.11 Å². The van der Waals surface area contributed by atoms with Crippen molar-refractivity contribution in [2.24, 2.45) is 5.92 Å².